The average molecular weight is 323 g/mol. The van der Waals surface area contributed by atoms with Gasteiger partial charge in [0.15, 0.2) is 0 Å². The van der Waals surface area contributed by atoms with Crippen molar-refractivity contribution in [2.24, 2.45) is 5.92 Å². The Bertz CT molecular complexity index is 543. The van der Waals surface area contributed by atoms with Gasteiger partial charge in [-0.25, -0.2) is 8.42 Å². The van der Waals surface area contributed by atoms with E-state index in [1.165, 1.54) is 6.07 Å². The Balaban J connectivity index is 2.05. The molecular weight excluding hydrogens is 307 g/mol. The summed E-state index contributed by atoms with van der Waals surface area (Å²) in [7, 11) is -3.41. The van der Waals surface area contributed by atoms with Crippen molar-refractivity contribution in [2.75, 3.05) is 23.6 Å². The molecule has 4 nitrogen and oxygen atoms in total. The first-order chi connectivity index (χ1) is 8.96. The third-order valence-electron chi connectivity index (χ3n) is 3.05. The topological polar surface area (TPSA) is 58.2 Å². The number of sulfonamides is 1. The van der Waals surface area contributed by atoms with Gasteiger partial charge in [-0.1, -0.05) is 23.2 Å². The molecule has 2 N–H and O–H groups in total. The molecule has 106 valence electrons. The second kappa shape index (κ2) is 6.31. The van der Waals surface area contributed by atoms with E-state index in [-0.39, 0.29) is 11.7 Å². The Morgan fingerprint density at radius 2 is 2.16 bits per heavy atom. The zero-order chi connectivity index (χ0) is 13.9. The summed E-state index contributed by atoms with van der Waals surface area (Å²) in [5, 5.41) is 3.99. The molecule has 0 bridgehead atoms. The van der Waals surface area contributed by atoms with Crippen molar-refractivity contribution in [1.29, 1.82) is 0 Å². The molecule has 1 fully saturated rings. The molecule has 1 aliphatic rings. The SMILES string of the molecule is O=S(=O)(CC1CCCNC1)Nc1cc(Cl)ccc1Cl. The van der Waals surface area contributed by atoms with Crippen molar-refractivity contribution < 1.29 is 8.42 Å². The first-order valence-corrected chi connectivity index (χ1v) is 8.53. The Labute approximate surface area is 123 Å². The zero-order valence-corrected chi connectivity index (χ0v) is 12.7. The molecule has 0 aromatic heterocycles. The predicted octanol–water partition coefficient (Wildman–Crippen LogP) is 2.73. The number of rotatable bonds is 4. The van der Waals surface area contributed by atoms with Crippen molar-refractivity contribution in [3.63, 3.8) is 0 Å². The van der Waals surface area contributed by atoms with E-state index in [1.54, 1.807) is 12.1 Å². The molecule has 19 heavy (non-hydrogen) atoms. The fourth-order valence-corrected chi connectivity index (χ4v) is 4.05. The van der Waals surface area contributed by atoms with Gasteiger partial charge in [-0.2, -0.15) is 0 Å². The fourth-order valence-electron chi connectivity index (χ4n) is 2.16. The number of hydrogen-bond donors (Lipinski definition) is 2. The van der Waals surface area contributed by atoms with Crippen molar-refractivity contribution in [3.8, 4) is 0 Å². The summed E-state index contributed by atoms with van der Waals surface area (Å²) in [6.07, 6.45) is 1.94. The highest BCUT2D eigenvalue weighted by Gasteiger charge is 2.21. The zero-order valence-electron chi connectivity index (χ0n) is 10.3. The lowest BCUT2D eigenvalue weighted by atomic mass is 10.0. The third kappa shape index (κ3) is 4.53. The normalized spacial score (nSPS) is 20.2. The number of hydrogen-bond acceptors (Lipinski definition) is 3. The maximum atomic E-state index is 12.1. The van der Waals surface area contributed by atoms with Crippen LogP contribution in [0.15, 0.2) is 18.2 Å². The van der Waals surface area contributed by atoms with Crippen molar-refractivity contribution in [2.45, 2.75) is 12.8 Å². The largest absolute Gasteiger partial charge is 0.316 e. The molecule has 0 radical (unpaired) electrons. The number of benzene rings is 1. The standard InChI is InChI=1S/C12H16Cl2N2O2S/c13-10-3-4-11(14)12(6-10)16-19(17,18)8-9-2-1-5-15-7-9/h3-4,6,9,15-16H,1-2,5,7-8H2. The molecule has 1 unspecified atom stereocenters. The lowest BCUT2D eigenvalue weighted by Gasteiger charge is -2.22. The van der Waals surface area contributed by atoms with Gasteiger partial charge in [0.25, 0.3) is 0 Å². The quantitative estimate of drug-likeness (QED) is 0.896. The summed E-state index contributed by atoms with van der Waals surface area (Å²) in [4.78, 5) is 0. The molecule has 1 heterocycles. The lowest BCUT2D eigenvalue weighted by Crippen LogP contribution is -2.35. The molecule has 1 atom stereocenters. The summed E-state index contributed by atoms with van der Waals surface area (Å²) >= 11 is 11.8. The summed E-state index contributed by atoms with van der Waals surface area (Å²) in [6, 6.07) is 4.71. The van der Waals surface area contributed by atoms with E-state index < -0.39 is 10.0 Å². The van der Waals surface area contributed by atoms with Crippen molar-refractivity contribution in [3.05, 3.63) is 28.2 Å². The molecule has 0 aliphatic carbocycles. The van der Waals surface area contributed by atoms with Gasteiger partial charge < -0.3 is 5.32 Å². The molecule has 2 rings (SSSR count). The van der Waals surface area contributed by atoms with Gasteiger partial charge in [-0.3, -0.25) is 4.72 Å². The Kier molecular flexibility index (Phi) is 4.95. The smallest absolute Gasteiger partial charge is 0.233 e. The van der Waals surface area contributed by atoms with Crippen molar-refractivity contribution in [1.82, 2.24) is 5.32 Å². The van der Waals surface area contributed by atoms with Gasteiger partial charge >= 0.3 is 0 Å². The van der Waals surface area contributed by atoms with Crippen LogP contribution in [0.1, 0.15) is 12.8 Å². The maximum absolute atomic E-state index is 12.1. The van der Waals surface area contributed by atoms with Crippen LogP contribution in [0.2, 0.25) is 10.0 Å². The average Bonchev–Trinajstić information content (AvgIpc) is 2.34. The number of anilines is 1. The van der Waals surface area contributed by atoms with E-state index in [1.807, 2.05) is 0 Å². The molecule has 1 aliphatic heterocycles. The van der Waals surface area contributed by atoms with Crippen LogP contribution in [-0.4, -0.2) is 27.3 Å². The summed E-state index contributed by atoms with van der Waals surface area (Å²) in [6.45, 7) is 1.70. The van der Waals surface area contributed by atoms with Crippen LogP contribution in [0.4, 0.5) is 5.69 Å². The predicted molar refractivity (Wildman–Crippen MR) is 79.5 cm³/mol. The van der Waals surface area contributed by atoms with Gasteiger partial charge in [-0.15, -0.1) is 0 Å². The second-order valence-corrected chi connectivity index (χ2v) is 7.33. The second-order valence-electron chi connectivity index (χ2n) is 4.72. The van der Waals surface area contributed by atoms with E-state index in [0.717, 1.165) is 25.9 Å². The van der Waals surface area contributed by atoms with Gasteiger partial charge in [0.2, 0.25) is 10.0 Å². The highest BCUT2D eigenvalue weighted by atomic mass is 35.5. The third-order valence-corrected chi connectivity index (χ3v) is 5.05. The molecular formula is C12H16Cl2N2O2S. The molecule has 7 heteroatoms. The Hall–Kier alpha value is -0.490. The number of nitrogens with one attached hydrogen (secondary N) is 2. The first kappa shape index (κ1) is 14.9. The highest BCUT2D eigenvalue weighted by Crippen LogP contribution is 2.27. The maximum Gasteiger partial charge on any atom is 0.233 e. The summed E-state index contributed by atoms with van der Waals surface area (Å²) in [5.74, 6) is 0.243. The summed E-state index contributed by atoms with van der Waals surface area (Å²) in [5.41, 5.74) is 0.331. The van der Waals surface area contributed by atoms with Crippen molar-refractivity contribution >= 4 is 38.9 Å². The molecule has 0 spiro atoms. The van der Waals surface area contributed by atoms with E-state index >= 15 is 0 Å². The minimum absolute atomic E-state index is 0.100. The monoisotopic (exact) mass is 322 g/mol. The fraction of sp³-hybridized carbons (Fsp3) is 0.500. The van der Waals surface area contributed by atoms with Crippen LogP contribution >= 0.6 is 23.2 Å². The van der Waals surface area contributed by atoms with Crippen LogP contribution in [0.5, 0.6) is 0 Å². The minimum Gasteiger partial charge on any atom is -0.316 e. The van der Waals surface area contributed by atoms with Gasteiger partial charge in [0.1, 0.15) is 0 Å². The van der Waals surface area contributed by atoms with Crippen LogP contribution in [0, 0.1) is 5.92 Å². The van der Waals surface area contributed by atoms with E-state index in [4.69, 9.17) is 23.2 Å². The van der Waals surface area contributed by atoms with Crippen LogP contribution in [-0.2, 0) is 10.0 Å². The molecule has 1 saturated heterocycles. The van der Waals surface area contributed by atoms with Gasteiger partial charge in [0, 0.05) is 5.02 Å². The van der Waals surface area contributed by atoms with E-state index in [2.05, 4.69) is 10.0 Å². The van der Waals surface area contributed by atoms with Crippen LogP contribution in [0.3, 0.4) is 0 Å². The Morgan fingerprint density at radius 1 is 1.37 bits per heavy atom. The molecule has 1 aromatic rings. The van der Waals surface area contributed by atoms with E-state index in [9.17, 15) is 8.42 Å². The molecule has 0 amide bonds. The lowest BCUT2D eigenvalue weighted by molar-refractivity contribution is 0.404. The molecule has 1 aromatic carbocycles. The number of halogens is 2. The van der Waals surface area contributed by atoms with Gasteiger partial charge in [-0.05, 0) is 50.0 Å². The summed E-state index contributed by atoms with van der Waals surface area (Å²) < 4.78 is 26.7. The molecule has 0 saturated carbocycles. The van der Waals surface area contributed by atoms with Gasteiger partial charge in [0.05, 0.1) is 16.5 Å². The first-order valence-electron chi connectivity index (χ1n) is 6.12. The van der Waals surface area contributed by atoms with Crippen LogP contribution < -0.4 is 10.0 Å². The number of piperidine rings is 1. The Morgan fingerprint density at radius 3 is 2.84 bits per heavy atom. The minimum atomic E-state index is -3.41. The highest BCUT2D eigenvalue weighted by molar-refractivity contribution is 7.92. The van der Waals surface area contributed by atoms with Crippen LogP contribution in [0.25, 0.3) is 0 Å². The van der Waals surface area contributed by atoms with E-state index in [0.29, 0.717) is 15.7 Å².